The van der Waals surface area contributed by atoms with E-state index in [9.17, 15) is 9.59 Å². The fourth-order valence-electron chi connectivity index (χ4n) is 2.40. The quantitative estimate of drug-likeness (QED) is 0.643. The molecule has 2 aromatic rings. The standard InChI is InChI=1S/C17H20N2O3/c1-5-8-19-15(20)7-6-14(18-19)17(21)22-16-12(3)9-11(2)10-13(16)4/h6-7,9-10H,5,8H2,1-4H3. The van der Waals surface area contributed by atoms with Crippen LogP contribution in [-0.4, -0.2) is 15.7 Å². The van der Waals surface area contributed by atoms with Crippen LogP contribution in [0.1, 0.15) is 40.5 Å². The van der Waals surface area contributed by atoms with Crippen molar-refractivity contribution in [2.75, 3.05) is 0 Å². The fourth-order valence-corrected chi connectivity index (χ4v) is 2.40. The number of nitrogens with zero attached hydrogens (tertiary/aromatic N) is 2. The van der Waals surface area contributed by atoms with E-state index in [1.165, 1.54) is 16.8 Å². The molecule has 22 heavy (non-hydrogen) atoms. The zero-order valence-corrected chi connectivity index (χ0v) is 13.3. The van der Waals surface area contributed by atoms with Gasteiger partial charge in [0, 0.05) is 12.6 Å². The Balaban J connectivity index is 2.30. The van der Waals surface area contributed by atoms with Gasteiger partial charge >= 0.3 is 5.97 Å². The van der Waals surface area contributed by atoms with Crippen molar-refractivity contribution in [2.45, 2.75) is 40.7 Å². The van der Waals surface area contributed by atoms with Gasteiger partial charge in [-0.25, -0.2) is 9.48 Å². The Morgan fingerprint density at radius 2 is 1.82 bits per heavy atom. The summed E-state index contributed by atoms with van der Waals surface area (Å²) < 4.78 is 6.76. The topological polar surface area (TPSA) is 61.2 Å². The van der Waals surface area contributed by atoms with Crippen molar-refractivity contribution >= 4 is 5.97 Å². The molecule has 0 saturated heterocycles. The first-order chi connectivity index (χ1) is 10.4. The lowest BCUT2D eigenvalue weighted by molar-refractivity contribution is 0.0723. The monoisotopic (exact) mass is 300 g/mol. The maximum absolute atomic E-state index is 12.3. The number of aryl methyl sites for hydroxylation is 4. The molecule has 5 nitrogen and oxygen atoms in total. The van der Waals surface area contributed by atoms with E-state index in [0.29, 0.717) is 12.3 Å². The molecule has 0 spiro atoms. The molecule has 0 N–H and O–H groups in total. The summed E-state index contributed by atoms with van der Waals surface area (Å²) in [5.41, 5.74) is 2.82. The van der Waals surface area contributed by atoms with Crippen LogP contribution in [0.15, 0.2) is 29.1 Å². The Morgan fingerprint density at radius 1 is 1.18 bits per heavy atom. The highest BCUT2D eigenvalue weighted by Crippen LogP contribution is 2.25. The summed E-state index contributed by atoms with van der Waals surface area (Å²) in [6.45, 7) is 8.20. The summed E-state index contributed by atoms with van der Waals surface area (Å²) in [7, 11) is 0. The molecule has 1 aromatic heterocycles. The van der Waals surface area contributed by atoms with Gasteiger partial charge in [0.25, 0.3) is 5.56 Å². The number of carbonyl (C=O) groups is 1. The van der Waals surface area contributed by atoms with Crippen LogP contribution in [0.25, 0.3) is 0 Å². The molecule has 0 aliphatic heterocycles. The number of hydrogen-bond donors (Lipinski definition) is 0. The van der Waals surface area contributed by atoms with E-state index in [2.05, 4.69) is 5.10 Å². The summed E-state index contributed by atoms with van der Waals surface area (Å²) >= 11 is 0. The Labute approximate surface area is 129 Å². The first kappa shape index (κ1) is 15.9. The fraction of sp³-hybridized carbons (Fsp3) is 0.353. The smallest absolute Gasteiger partial charge is 0.364 e. The van der Waals surface area contributed by atoms with Crippen molar-refractivity contribution in [3.8, 4) is 5.75 Å². The van der Waals surface area contributed by atoms with E-state index in [1.54, 1.807) is 0 Å². The minimum atomic E-state index is -0.556. The van der Waals surface area contributed by atoms with Gasteiger partial charge in [0.05, 0.1) is 0 Å². The van der Waals surface area contributed by atoms with Gasteiger partial charge in [0.1, 0.15) is 5.75 Å². The van der Waals surface area contributed by atoms with Crippen molar-refractivity contribution in [3.05, 3.63) is 57.0 Å². The van der Waals surface area contributed by atoms with Gasteiger partial charge in [0.15, 0.2) is 5.69 Å². The average Bonchev–Trinajstić information content (AvgIpc) is 2.45. The lowest BCUT2D eigenvalue weighted by atomic mass is 10.1. The second-order valence-electron chi connectivity index (χ2n) is 5.40. The lowest BCUT2D eigenvalue weighted by Crippen LogP contribution is -2.25. The van der Waals surface area contributed by atoms with Crippen molar-refractivity contribution in [3.63, 3.8) is 0 Å². The van der Waals surface area contributed by atoms with Crippen molar-refractivity contribution in [2.24, 2.45) is 0 Å². The highest BCUT2D eigenvalue weighted by atomic mass is 16.5. The van der Waals surface area contributed by atoms with Gasteiger partial charge in [0.2, 0.25) is 0 Å². The number of ether oxygens (including phenoxy) is 1. The van der Waals surface area contributed by atoms with Crippen molar-refractivity contribution in [1.82, 2.24) is 9.78 Å². The van der Waals surface area contributed by atoms with Crippen LogP contribution in [0.5, 0.6) is 5.75 Å². The molecule has 0 bridgehead atoms. The zero-order chi connectivity index (χ0) is 16.3. The minimum Gasteiger partial charge on any atom is -0.421 e. The number of hydrogen-bond acceptors (Lipinski definition) is 4. The van der Waals surface area contributed by atoms with Crippen LogP contribution < -0.4 is 10.3 Å². The number of benzene rings is 1. The first-order valence-corrected chi connectivity index (χ1v) is 7.30. The molecule has 0 radical (unpaired) electrons. The van der Waals surface area contributed by atoms with E-state index in [4.69, 9.17) is 4.74 Å². The lowest BCUT2D eigenvalue weighted by Gasteiger charge is -2.11. The molecule has 0 amide bonds. The van der Waals surface area contributed by atoms with Crippen molar-refractivity contribution < 1.29 is 9.53 Å². The molecular weight excluding hydrogens is 280 g/mol. The van der Waals surface area contributed by atoms with Crippen LogP contribution in [0.2, 0.25) is 0 Å². The predicted molar refractivity (Wildman–Crippen MR) is 84.4 cm³/mol. The molecule has 0 saturated carbocycles. The van der Waals surface area contributed by atoms with Crippen LogP contribution in [0.3, 0.4) is 0 Å². The van der Waals surface area contributed by atoms with E-state index in [0.717, 1.165) is 23.1 Å². The van der Waals surface area contributed by atoms with E-state index in [1.807, 2.05) is 39.8 Å². The number of rotatable bonds is 4. The van der Waals surface area contributed by atoms with Crippen LogP contribution in [0.4, 0.5) is 0 Å². The highest BCUT2D eigenvalue weighted by molar-refractivity contribution is 5.89. The highest BCUT2D eigenvalue weighted by Gasteiger charge is 2.15. The summed E-state index contributed by atoms with van der Waals surface area (Å²) in [5, 5.41) is 4.06. The van der Waals surface area contributed by atoms with Crippen LogP contribution in [-0.2, 0) is 6.54 Å². The second kappa shape index (κ2) is 6.56. The third-order valence-electron chi connectivity index (χ3n) is 3.31. The molecular formula is C17H20N2O3. The maximum atomic E-state index is 12.3. The van der Waals surface area contributed by atoms with Crippen molar-refractivity contribution in [1.29, 1.82) is 0 Å². The predicted octanol–water partition coefficient (Wildman–Crippen LogP) is 2.80. The molecule has 116 valence electrons. The SMILES string of the molecule is CCCn1nc(C(=O)Oc2c(C)cc(C)cc2C)ccc1=O. The van der Waals surface area contributed by atoms with Gasteiger partial charge in [-0.3, -0.25) is 4.79 Å². The molecule has 1 aromatic carbocycles. The van der Waals surface area contributed by atoms with Gasteiger partial charge in [-0.05, 0) is 44.4 Å². The Kier molecular flexibility index (Phi) is 4.75. The van der Waals surface area contributed by atoms with E-state index < -0.39 is 5.97 Å². The third-order valence-corrected chi connectivity index (χ3v) is 3.31. The molecule has 0 aliphatic carbocycles. The molecule has 2 rings (SSSR count). The minimum absolute atomic E-state index is 0.132. The summed E-state index contributed by atoms with van der Waals surface area (Å²) in [4.78, 5) is 23.9. The zero-order valence-electron chi connectivity index (χ0n) is 13.3. The largest absolute Gasteiger partial charge is 0.421 e. The molecule has 0 atom stereocenters. The second-order valence-corrected chi connectivity index (χ2v) is 5.40. The summed E-state index contributed by atoms with van der Waals surface area (Å²) in [6.07, 6.45) is 0.765. The third kappa shape index (κ3) is 3.42. The molecule has 0 fully saturated rings. The Morgan fingerprint density at radius 3 is 2.41 bits per heavy atom. The summed E-state index contributed by atoms with van der Waals surface area (Å²) in [6, 6.07) is 6.66. The maximum Gasteiger partial charge on any atom is 0.364 e. The average molecular weight is 300 g/mol. The van der Waals surface area contributed by atoms with Gasteiger partial charge in [-0.1, -0.05) is 24.6 Å². The van der Waals surface area contributed by atoms with Crippen LogP contribution in [0, 0.1) is 20.8 Å². The molecule has 5 heteroatoms. The van der Waals surface area contributed by atoms with E-state index >= 15 is 0 Å². The Bertz CT molecular complexity index is 740. The number of aromatic nitrogens is 2. The molecule has 0 unspecified atom stereocenters. The van der Waals surface area contributed by atoms with Gasteiger partial charge in [-0.2, -0.15) is 5.10 Å². The van der Waals surface area contributed by atoms with Gasteiger partial charge in [-0.15, -0.1) is 0 Å². The van der Waals surface area contributed by atoms with Gasteiger partial charge < -0.3 is 4.74 Å². The molecule has 1 heterocycles. The number of esters is 1. The normalized spacial score (nSPS) is 10.5. The Hall–Kier alpha value is -2.43. The molecule has 0 aliphatic rings. The summed E-state index contributed by atoms with van der Waals surface area (Å²) in [5.74, 6) is -0.00875. The van der Waals surface area contributed by atoms with E-state index in [-0.39, 0.29) is 11.3 Å². The number of carbonyl (C=O) groups excluding carboxylic acids is 1. The van der Waals surface area contributed by atoms with Crippen LogP contribution >= 0.6 is 0 Å². The first-order valence-electron chi connectivity index (χ1n) is 7.30.